The van der Waals surface area contributed by atoms with E-state index < -0.39 is 0 Å². The minimum atomic E-state index is -0.0489. The average molecular weight is 290 g/mol. The smallest absolute Gasteiger partial charge is 0.238 e. The molecule has 1 amide bonds. The van der Waals surface area contributed by atoms with Gasteiger partial charge in [0.25, 0.3) is 0 Å². The van der Waals surface area contributed by atoms with Crippen LogP contribution in [-0.2, 0) is 11.3 Å². The number of likely N-dealkylation sites (N-methyl/N-ethyl adjacent to an activating group) is 1. The monoisotopic (exact) mass is 290 g/mol. The first-order chi connectivity index (χ1) is 9.69. The van der Waals surface area contributed by atoms with Gasteiger partial charge in [-0.15, -0.1) is 0 Å². The molecule has 0 bridgehead atoms. The van der Waals surface area contributed by atoms with Gasteiger partial charge in [0, 0.05) is 6.54 Å². The van der Waals surface area contributed by atoms with Crippen LogP contribution in [0.25, 0.3) is 0 Å². The lowest BCUT2D eigenvalue weighted by Crippen LogP contribution is -2.29. The van der Waals surface area contributed by atoms with Gasteiger partial charge >= 0.3 is 0 Å². The van der Waals surface area contributed by atoms with Crippen molar-refractivity contribution >= 4 is 22.9 Å². The third-order valence-corrected chi connectivity index (χ3v) is 3.56. The van der Waals surface area contributed by atoms with Crippen molar-refractivity contribution in [2.45, 2.75) is 6.54 Å². The van der Waals surface area contributed by atoms with E-state index in [2.05, 4.69) is 16.8 Å². The molecule has 2 aromatic rings. The van der Waals surface area contributed by atoms with Crippen LogP contribution < -0.4 is 10.1 Å². The van der Waals surface area contributed by atoms with Gasteiger partial charge in [-0.1, -0.05) is 12.1 Å². The summed E-state index contributed by atoms with van der Waals surface area (Å²) >= 11 is 1.66. The summed E-state index contributed by atoms with van der Waals surface area (Å²) in [4.78, 5) is 14.0. The fraction of sp³-hybridized carbons (Fsp3) is 0.267. The molecule has 5 heteroatoms. The first kappa shape index (κ1) is 14.6. The van der Waals surface area contributed by atoms with Crippen molar-refractivity contribution in [3.05, 3.63) is 46.7 Å². The molecule has 106 valence electrons. The Balaban J connectivity index is 1.88. The van der Waals surface area contributed by atoms with Crippen LogP contribution in [0.3, 0.4) is 0 Å². The number of carbonyl (C=O) groups is 1. The van der Waals surface area contributed by atoms with Crippen LogP contribution in [-0.4, -0.2) is 31.5 Å². The van der Waals surface area contributed by atoms with Crippen LogP contribution in [0.1, 0.15) is 5.56 Å². The average Bonchev–Trinajstić information content (AvgIpc) is 2.91. The van der Waals surface area contributed by atoms with Crippen LogP contribution in [0, 0.1) is 0 Å². The molecule has 0 radical (unpaired) electrons. The first-order valence-electron chi connectivity index (χ1n) is 6.31. The van der Waals surface area contributed by atoms with Crippen LogP contribution >= 0.6 is 11.3 Å². The van der Waals surface area contributed by atoms with Gasteiger partial charge in [-0.25, -0.2) is 0 Å². The van der Waals surface area contributed by atoms with Crippen LogP contribution in [0.2, 0.25) is 0 Å². The first-order valence-corrected chi connectivity index (χ1v) is 7.26. The molecule has 0 aliphatic rings. The number of thiophene rings is 1. The third kappa shape index (κ3) is 4.08. The zero-order chi connectivity index (χ0) is 14.4. The number of benzene rings is 1. The Labute approximate surface area is 123 Å². The van der Waals surface area contributed by atoms with E-state index in [9.17, 15) is 4.79 Å². The molecule has 0 aliphatic heterocycles. The lowest BCUT2D eigenvalue weighted by atomic mass is 10.3. The van der Waals surface area contributed by atoms with Crippen molar-refractivity contribution < 1.29 is 9.53 Å². The predicted octanol–water partition coefficient (Wildman–Crippen LogP) is 2.83. The Kier molecular flexibility index (Phi) is 5.15. The number of ether oxygens (including phenoxy) is 1. The predicted molar refractivity (Wildman–Crippen MR) is 82.3 cm³/mol. The molecule has 1 N–H and O–H groups in total. The maximum absolute atomic E-state index is 12.0. The number of methoxy groups -OCH3 is 1. The van der Waals surface area contributed by atoms with E-state index in [4.69, 9.17) is 4.74 Å². The van der Waals surface area contributed by atoms with Crippen molar-refractivity contribution in [2.75, 3.05) is 26.0 Å². The highest BCUT2D eigenvalue weighted by Gasteiger charge is 2.10. The van der Waals surface area contributed by atoms with Gasteiger partial charge in [-0.3, -0.25) is 9.69 Å². The molecule has 0 saturated heterocycles. The molecule has 1 aromatic carbocycles. The standard InChI is InChI=1S/C15H18N2O2S/c1-17(9-12-7-8-20-11-12)10-15(18)16-13-5-3-4-6-14(13)19-2/h3-8,11H,9-10H2,1-2H3,(H,16,18). The normalized spacial score (nSPS) is 10.6. The molecule has 1 heterocycles. The second kappa shape index (κ2) is 7.07. The highest BCUT2D eigenvalue weighted by molar-refractivity contribution is 7.07. The number of rotatable bonds is 6. The molecule has 4 nitrogen and oxygen atoms in total. The molecule has 1 aromatic heterocycles. The minimum Gasteiger partial charge on any atom is -0.495 e. The van der Waals surface area contributed by atoms with E-state index in [0.717, 1.165) is 6.54 Å². The number of hydrogen-bond acceptors (Lipinski definition) is 4. The molecule has 0 unspecified atom stereocenters. The van der Waals surface area contributed by atoms with Gasteiger partial charge in [0.15, 0.2) is 0 Å². The number of amides is 1. The van der Waals surface area contributed by atoms with Crippen LogP contribution in [0.4, 0.5) is 5.69 Å². The second-order valence-corrected chi connectivity index (χ2v) is 5.33. The summed E-state index contributed by atoms with van der Waals surface area (Å²) in [6.45, 7) is 1.11. The Morgan fingerprint density at radius 2 is 2.15 bits per heavy atom. The molecule has 0 spiro atoms. The maximum Gasteiger partial charge on any atom is 0.238 e. The Morgan fingerprint density at radius 1 is 1.35 bits per heavy atom. The Morgan fingerprint density at radius 3 is 2.85 bits per heavy atom. The molecular weight excluding hydrogens is 272 g/mol. The van der Waals surface area contributed by atoms with Crippen LogP contribution in [0.5, 0.6) is 5.75 Å². The Hall–Kier alpha value is -1.85. The fourth-order valence-corrected chi connectivity index (χ4v) is 2.59. The van der Waals surface area contributed by atoms with Crippen molar-refractivity contribution in [3.8, 4) is 5.75 Å². The van der Waals surface area contributed by atoms with E-state index in [0.29, 0.717) is 18.0 Å². The molecule has 0 aliphatic carbocycles. The summed E-state index contributed by atoms with van der Waals surface area (Å²) < 4.78 is 5.21. The fourth-order valence-electron chi connectivity index (χ4n) is 1.93. The molecule has 0 fully saturated rings. The van der Waals surface area contributed by atoms with Gasteiger partial charge in [-0.05, 0) is 41.6 Å². The Bertz CT molecular complexity index is 555. The topological polar surface area (TPSA) is 41.6 Å². The van der Waals surface area contributed by atoms with Crippen molar-refractivity contribution in [1.29, 1.82) is 0 Å². The van der Waals surface area contributed by atoms with Gasteiger partial charge in [0.1, 0.15) is 5.75 Å². The number of hydrogen-bond donors (Lipinski definition) is 1. The van der Waals surface area contributed by atoms with E-state index >= 15 is 0 Å². The molecule has 20 heavy (non-hydrogen) atoms. The third-order valence-electron chi connectivity index (χ3n) is 2.83. The molecular formula is C15H18N2O2S. The van der Waals surface area contributed by atoms with E-state index in [1.54, 1.807) is 18.4 Å². The summed E-state index contributed by atoms with van der Waals surface area (Å²) in [5, 5.41) is 7.00. The molecule has 0 atom stereocenters. The summed E-state index contributed by atoms with van der Waals surface area (Å²) in [6, 6.07) is 9.46. The van der Waals surface area contributed by atoms with Gasteiger partial charge in [-0.2, -0.15) is 11.3 Å². The summed E-state index contributed by atoms with van der Waals surface area (Å²) in [5.41, 5.74) is 1.92. The quantitative estimate of drug-likeness (QED) is 0.889. The number of nitrogens with one attached hydrogen (secondary N) is 1. The SMILES string of the molecule is COc1ccccc1NC(=O)CN(C)Cc1ccsc1. The zero-order valence-electron chi connectivity index (χ0n) is 11.6. The maximum atomic E-state index is 12.0. The van der Waals surface area contributed by atoms with Gasteiger partial charge < -0.3 is 10.1 Å². The highest BCUT2D eigenvalue weighted by Crippen LogP contribution is 2.22. The lowest BCUT2D eigenvalue weighted by molar-refractivity contribution is -0.117. The molecule has 0 saturated carbocycles. The van der Waals surface area contributed by atoms with E-state index in [1.807, 2.05) is 41.6 Å². The number of carbonyl (C=O) groups excluding carboxylic acids is 1. The van der Waals surface area contributed by atoms with Crippen molar-refractivity contribution in [2.24, 2.45) is 0 Å². The van der Waals surface area contributed by atoms with E-state index in [-0.39, 0.29) is 5.91 Å². The number of para-hydroxylation sites is 2. The summed E-state index contributed by atoms with van der Waals surface area (Å²) in [5.74, 6) is 0.619. The molecule has 2 rings (SSSR count). The summed E-state index contributed by atoms with van der Waals surface area (Å²) in [7, 11) is 3.52. The lowest BCUT2D eigenvalue weighted by Gasteiger charge is -2.16. The summed E-state index contributed by atoms with van der Waals surface area (Å²) in [6.07, 6.45) is 0. The minimum absolute atomic E-state index is 0.0489. The van der Waals surface area contributed by atoms with Crippen molar-refractivity contribution in [3.63, 3.8) is 0 Å². The largest absolute Gasteiger partial charge is 0.495 e. The number of nitrogens with zero attached hydrogens (tertiary/aromatic N) is 1. The van der Waals surface area contributed by atoms with Crippen LogP contribution in [0.15, 0.2) is 41.1 Å². The second-order valence-electron chi connectivity index (χ2n) is 4.55. The van der Waals surface area contributed by atoms with Gasteiger partial charge in [0.05, 0.1) is 19.3 Å². The van der Waals surface area contributed by atoms with Gasteiger partial charge in [0.2, 0.25) is 5.91 Å². The highest BCUT2D eigenvalue weighted by atomic mass is 32.1. The van der Waals surface area contributed by atoms with Crippen molar-refractivity contribution in [1.82, 2.24) is 4.90 Å². The van der Waals surface area contributed by atoms with E-state index in [1.165, 1.54) is 5.56 Å². The zero-order valence-corrected chi connectivity index (χ0v) is 12.4. The number of anilines is 1.